The fourth-order valence-electron chi connectivity index (χ4n) is 10.4. The molecule has 0 bridgehead atoms. The molecule has 12 rings (SSSR count). The van der Waals surface area contributed by atoms with Crippen molar-refractivity contribution in [1.29, 1.82) is 0 Å². The van der Waals surface area contributed by atoms with E-state index in [0.717, 1.165) is 66.9 Å². The molecule has 372 valence electrons. The van der Waals surface area contributed by atoms with Gasteiger partial charge in [-0.25, -0.2) is 4.98 Å². The van der Waals surface area contributed by atoms with Gasteiger partial charge in [0, 0.05) is 87.5 Å². The van der Waals surface area contributed by atoms with Gasteiger partial charge in [-0.15, -0.1) is 48.1 Å². The van der Waals surface area contributed by atoms with Crippen molar-refractivity contribution < 1.29 is 29.9 Å². The first kappa shape index (κ1) is 45.2. The van der Waals surface area contributed by atoms with Gasteiger partial charge >= 0.3 is 0 Å². The van der Waals surface area contributed by atoms with E-state index in [0.29, 0.717) is 28.4 Å². The first-order chi connectivity index (χ1) is 36.2. The van der Waals surface area contributed by atoms with Crippen molar-refractivity contribution in [2.24, 2.45) is 0 Å². The fourth-order valence-corrected chi connectivity index (χ4v) is 10.4. The topological polar surface area (TPSA) is 38.5 Å². The molecule has 0 amide bonds. The van der Waals surface area contributed by atoms with Gasteiger partial charge in [-0.3, -0.25) is 0 Å². The number of nitrogens with zero attached hydrogens (tertiary/aromatic N) is 5. The summed E-state index contributed by atoms with van der Waals surface area (Å²) >= 11 is 0. The van der Waals surface area contributed by atoms with E-state index in [1.54, 1.807) is 12.3 Å². The molecule has 0 N–H and O–H groups in total. The van der Waals surface area contributed by atoms with Gasteiger partial charge in [0.1, 0.15) is 5.82 Å². The van der Waals surface area contributed by atoms with Gasteiger partial charge in [-0.05, 0) is 117 Å². The molecule has 1 aliphatic heterocycles. The number of aryl methyl sites for hydroxylation is 1. The van der Waals surface area contributed by atoms with Crippen molar-refractivity contribution in [3.63, 3.8) is 0 Å². The summed E-state index contributed by atoms with van der Waals surface area (Å²) in [5.41, 5.74) is 13.8. The Morgan fingerprint density at radius 1 is 0.500 bits per heavy atom. The van der Waals surface area contributed by atoms with E-state index >= 15 is 0 Å². The monoisotopic (exact) mass is 1150 g/mol. The summed E-state index contributed by atoms with van der Waals surface area (Å²) in [5, 5.41) is 4.22. The van der Waals surface area contributed by atoms with Crippen molar-refractivity contribution in [1.82, 2.24) is 14.1 Å². The number of rotatable bonds is 7. The Kier molecular flexibility index (Phi) is 11.1. The number of ether oxygens (including phenoxy) is 1. The smallest absolute Gasteiger partial charge is 0.135 e. The van der Waals surface area contributed by atoms with Crippen LogP contribution < -0.4 is 14.5 Å². The molecule has 0 radical (unpaired) electrons. The summed E-state index contributed by atoms with van der Waals surface area (Å²) < 4.78 is 37.7. The van der Waals surface area contributed by atoms with Gasteiger partial charge in [0.15, 0.2) is 0 Å². The first-order valence-electron chi connectivity index (χ1n) is 26.7. The van der Waals surface area contributed by atoms with Crippen molar-refractivity contribution in [2.45, 2.75) is 85.4 Å². The largest absolute Gasteiger partial charge is 0.509 e. The number of benzene rings is 8. The van der Waals surface area contributed by atoms with E-state index in [1.165, 1.54) is 21.9 Å². The van der Waals surface area contributed by atoms with Crippen LogP contribution >= 0.6 is 0 Å². The van der Waals surface area contributed by atoms with Crippen LogP contribution in [0, 0.1) is 25.7 Å². The molecule has 4 heterocycles. The minimum atomic E-state index is -2.44. The summed E-state index contributed by atoms with van der Waals surface area (Å²) in [5.74, 6) is 1.45. The third-order valence-corrected chi connectivity index (χ3v) is 14.4. The first-order valence-corrected chi connectivity index (χ1v) is 25.2. The van der Waals surface area contributed by atoms with Gasteiger partial charge in [0.2, 0.25) is 0 Å². The Morgan fingerprint density at radius 3 is 1.80 bits per heavy atom. The standard InChI is InChI=1S/C67H60N5O.Pt/c1-43-33-64(68-41-57(43)44-19-17-20-45(34-44)65(2,3)4)72-60-32-29-49(71-58-25-13-11-23-53(58)54-24-12-14-26-59(54)71)39-56(60)55-31-30-52(40-63(55)72)73-51-22-18-21-48(38-51)69-42-70(62-28-16-15-27-61(62)69)50-36-46(66(5,6)7)35-47(37-50)67(8,9)10;/h11-37,39,41-42H,1-10H3;/q-3;/i1D3;. The normalized spacial score (nSPS) is 13.8. The molecule has 0 fully saturated rings. The Labute approximate surface area is 454 Å². The number of pyridine rings is 1. The number of aromatic nitrogens is 3. The van der Waals surface area contributed by atoms with Gasteiger partial charge in [0.05, 0.1) is 11.0 Å². The maximum atomic E-state index is 8.88. The van der Waals surface area contributed by atoms with Crippen LogP contribution in [-0.2, 0) is 37.3 Å². The number of hydrogen-bond acceptors (Lipinski definition) is 4. The average molecular weight is 1150 g/mol. The van der Waals surface area contributed by atoms with E-state index in [1.807, 2.05) is 41.0 Å². The zero-order valence-corrected chi connectivity index (χ0v) is 45.6. The minimum Gasteiger partial charge on any atom is -0.509 e. The molecule has 7 heteroatoms. The summed E-state index contributed by atoms with van der Waals surface area (Å²) in [6, 6.07) is 65.9. The molecule has 0 spiro atoms. The second-order valence-electron chi connectivity index (χ2n) is 22.5. The Morgan fingerprint density at radius 2 is 1.12 bits per heavy atom. The molecule has 8 aromatic carbocycles. The molecular formula is C67H60N5OPt-3. The third-order valence-electron chi connectivity index (χ3n) is 14.4. The van der Waals surface area contributed by atoms with E-state index in [-0.39, 0.29) is 42.9 Å². The molecule has 6 nitrogen and oxygen atoms in total. The van der Waals surface area contributed by atoms with Gasteiger partial charge in [-0.2, -0.15) is 12.1 Å². The van der Waals surface area contributed by atoms with Crippen LogP contribution in [0.4, 0.5) is 22.7 Å². The van der Waals surface area contributed by atoms with Crippen LogP contribution in [-0.4, -0.2) is 14.1 Å². The van der Waals surface area contributed by atoms with Crippen LogP contribution in [0.5, 0.6) is 11.5 Å². The number of para-hydroxylation sites is 4. The molecule has 1 aliphatic rings. The molecule has 0 saturated heterocycles. The Hall–Kier alpha value is -7.40. The van der Waals surface area contributed by atoms with Crippen LogP contribution in [0.25, 0.3) is 66.2 Å². The molecule has 0 aliphatic carbocycles. The van der Waals surface area contributed by atoms with Crippen LogP contribution in [0.1, 0.15) is 88.7 Å². The minimum absolute atomic E-state index is 0. The van der Waals surface area contributed by atoms with E-state index in [4.69, 9.17) is 13.8 Å². The second kappa shape index (κ2) is 18.2. The maximum absolute atomic E-state index is 8.88. The van der Waals surface area contributed by atoms with Crippen LogP contribution in [0.15, 0.2) is 176 Å². The molecule has 11 aromatic rings. The summed E-state index contributed by atoms with van der Waals surface area (Å²) in [7, 11) is 0. The van der Waals surface area contributed by atoms with Gasteiger partial charge in [0.25, 0.3) is 0 Å². The Bertz CT molecular complexity index is 4010. The average Bonchev–Trinajstić information content (AvgIpc) is 4.08. The fraction of sp³-hybridized carbons (Fsp3) is 0.194. The van der Waals surface area contributed by atoms with E-state index < -0.39 is 6.85 Å². The van der Waals surface area contributed by atoms with Crippen molar-refractivity contribution in [3.05, 3.63) is 217 Å². The van der Waals surface area contributed by atoms with Gasteiger partial charge < -0.3 is 23.7 Å². The predicted molar refractivity (Wildman–Crippen MR) is 305 cm³/mol. The second-order valence-corrected chi connectivity index (χ2v) is 22.5. The number of anilines is 4. The van der Waals surface area contributed by atoms with Crippen LogP contribution in [0.2, 0.25) is 0 Å². The zero-order chi connectivity index (χ0) is 53.1. The SMILES string of the molecule is [2H]C([2H])([2H])c1cc(-n2c3[c-]c(Oc4[c-]c(N5[CH-]N(c6cc(C(C)(C)C)cc(C(C)(C)C)c6)c6ccccc65)ccc4)ccc3c3cc(-n4c5ccccc5c5ccccc54)ccc32)ncc1-c1cccc(C(C)(C)C)c1.[Pt]. The van der Waals surface area contributed by atoms with E-state index in [2.05, 4.69) is 223 Å². The number of fused-ring (bicyclic) bond motifs is 7. The summed E-state index contributed by atoms with van der Waals surface area (Å²) in [6.07, 6.45) is 1.71. The number of hydrogen-bond donors (Lipinski definition) is 0. The van der Waals surface area contributed by atoms with Gasteiger partial charge in [-0.1, -0.05) is 147 Å². The molecule has 0 saturated carbocycles. The summed E-state index contributed by atoms with van der Waals surface area (Å²) in [6.45, 7) is 19.8. The molecule has 0 atom stereocenters. The third kappa shape index (κ3) is 8.57. The van der Waals surface area contributed by atoms with Crippen molar-refractivity contribution in [3.8, 4) is 34.1 Å². The zero-order valence-electron chi connectivity index (χ0n) is 46.3. The molecule has 3 aromatic heterocycles. The van der Waals surface area contributed by atoms with Crippen LogP contribution in [0.3, 0.4) is 0 Å². The van der Waals surface area contributed by atoms with E-state index in [9.17, 15) is 0 Å². The Balaban J connectivity index is 0.00000631. The molecule has 0 unspecified atom stereocenters. The maximum Gasteiger partial charge on any atom is 0.135 e. The quantitative estimate of drug-likeness (QED) is 0.149. The molecule has 74 heavy (non-hydrogen) atoms. The predicted octanol–water partition coefficient (Wildman–Crippen LogP) is 17.9. The summed E-state index contributed by atoms with van der Waals surface area (Å²) in [4.78, 5) is 9.53. The van der Waals surface area contributed by atoms with Crippen molar-refractivity contribution in [2.75, 3.05) is 9.80 Å². The molecular weight excluding hydrogens is 1090 g/mol. The van der Waals surface area contributed by atoms with Crippen molar-refractivity contribution >= 4 is 66.4 Å².